The molecule has 2 aromatic heterocycles. The van der Waals surface area contributed by atoms with Crippen LogP contribution in [-0.4, -0.2) is 33.7 Å². The van der Waals surface area contributed by atoms with Gasteiger partial charge in [-0.1, -0.05) is 59.1 Å². The van der Waals surface area contributed by atoms with Gasteiger partial charge in [0, 0.05) is 34.1 Å². The van der Waals surface area contributed by atoms with E-state index in [0.29, 0.717) is 11.1 Å². The Hall–Kier alpha value is -4.26. The smallest absolute Gasteiger partial charge is 0.434 e. The van der Waals surface area contributed by atoms with Crippen molar-refractivity contribution in [1.82, 2.24) is 15.3 Å². The SMILES string of the molecule is O=C(NC1N=C(c2c(Cl)cc(Cl)cc2Cl)c2ccccc2NC1=O)c1c(C(F)(F)F)ncc(F)c1OCc1cccnc1. The van der Waals surface area contributed by atoms with Gasteiger partial charge in [0.1, 0.15) is 12.2 Å². The van der Waals surface area contributed by atoms with E-state index < -0.39 is 53.6 Å². The summed E-state index contributed by atoms with van der Waals surface area (Å²) in [5.74, 6) is -4.84. The average molecular weight is 653 g/mol. The fraction of sp³-hybridized carbons (Fsp3) is 0.107. The van der Waals surface area contributed by atoms with Crippen LogP contribution in [-0.2, 0) is 17.6 Å². The quantitative estimate of drug-likeness (QED) is 0.225. The van der Waals surface area contributed by atoms with Crippen LogP contribution in [0.1, 0.15) is 32.7 Å². The molecule has 2 N–H and O–H groups in total. The summed E-state index contributed by atoms with van der Waals surface area (Å²) in [6.45, 7) is -0.429. The Bertz CT molecular complexity index is 1750. The number of para-hydroxylation sites is 1. The molecule has 0 saturated carbocycles. The number of benzodiazepines with no additional fused rings is 1. The van der Waals surface area contributed by atoms with Gasteiger partial charge in [-0.15, -0.1) is 0 Å². The molecular weight excluding hydrogens is 637 g/mol. The first kappa shape index (κ1) is 30.2. The minimum atomic E-state index is -5.20. The summed E-state index contributed by atoms with van der Waals surface area (Å²) in [4.78, 5) is 38.0. The third-order valence-electron chi connectivity index (χ3n) is 6.05. The number of alkyl halides is 3. The van der Waals surface area contributed by atoms with Crippen LogP contribution in [0.3, 0.4) is 0 Å². The van der Waals surface area contributed by atoms with Gasteiger partial charge in [0.15, 0.2) is 17.3 Å². The lowest BCUT2D eigenvalue weighted by molar-refractivity contribution is -0.141. The van der Waals surface area contributed by atoms with Crippen molar-refractivity contribution in [2.45, 2.75) is 18.9 Å². The standard InChI is InChI=1S/C28H16Cl3F4N5O3/c29-14-8-16(30)20(17(31)9-14)22-15-5-1-2-6-19(15)38-27(42)25(39-22)40-26(41)21-23(43-12-13-4-3-7-36-10-13)18(32)11-37-24(21)28(33,34)35/h1-11,25H,12H2,(H,38,42)(H,40,41). The fourth-order valence-electron chi connectivity index (χ4n) is 4.20. The summed E-state index contributed by atoms with van der Waals surface area (Å²) in [6, 6.07) is 12.2. The maximum absolute atomic E-state index is 14.9. The van der Waals surface area contributed by atoms with E-state index in [1.54, 1.807) is 18.2 Å². The molecule has 8 nitrogen and oxygen atoms in total. The molecule has 15 heteroatoms. The van der Waals surface area contributed by atoms with Gasteiger partial charge in [0.25, 0.3) is 11.8 Å². The van der Waals surface area contributed by atoms with Gasteiger partial charge in [-0.3, -0.25) is 14.6 Å². The largest absolute Gasteiger partial charge is 0.485 e. The Kier molecular flexibility index (Phi) is 8.54. The lowest BCUT2D eigenvalue weighted by Gasteiger charge is -2.19. The summed E-state index contributed by atoms with van der Waals surface area (Å²) >= 11 is 18.9. The molecule has 0 radical (unpaired) electrons. The number of nitrogens with one attached hydrogen (secondary N) is 2. The van der Waals surface area contributed by atoms with Gasteiger partial charge in [-0.2, -0.15) is 13.2 Å². The number of aromatic nitrogens is 2. The second kappa shape index (κ2) is 12.2. The number of nitrogens with zero attached hydrogens (tertiary/aromatic N) is 3. The summed E-state index contributed by atoms with van der Waals surface area (Å²) in [7, 11) is 0. The predicted octanol–water partition coefficient (Wildman–Crippen LogP) is 6.72. The molecule has 0 spiro atoms. The number of fused-ring (bicyclic) bond motifs is 1. The summed E-state index contributed by atoms with van der Waals surface area (Å²) < 4.78 is 62.3. The van der Waals surface area contributed by atoms with Crippen LogP contribution in [0.2, 0.25) is 15.1 Å². The zero-order chi connectivity index (χ0) is 30.9. The number of carbonyl (C=O) groups is 2. The van der Waals surface area contributed by atoms with Gasteiger partial charge in [0.05, 0.1) is 27.6 Å². The Balaban J connectivity index is 1.60. The highest BCUT2D eigenvalue weighted by Gasteiger charge is 2.41. The van der Waals surface area contributed by atoms with Gasteiger partial charge in [-0.05, 0) is 24.3 Å². The summed E-state index contributed by atoms with van der Waals surface area (Å²) in [5.41, 5.74) is -1.91. The van der Waals surface area contributed by atoms with E-state index in [0.717, 1.165) is 0 Å². The van der Waals surface area contributed by atoms with E-state index in [1.165, 1.54) is 42.7 Å². The van der Waals surface area contributed by atoms with Crippen LogP contribution in [0.4, 0.5) is 23.2 Å². The lowest BCUT2D eigenvalue weighted by atomic mass is 10.0. The number of pyridine rings is 2. The first-order chi connectivity index (χ1) is 20.4. The average Bonchev–Trinajstić information content (AvgIpc) is 3.07. The summed E-state index contributed by atoms with van der Waals surface area (Å²) in [6.07, 6.45) is -3.96. The Morgan fingerprint density at radius 3 is 2.44 bits per heavy atom. The van der Waals surface area contributed by atoms with Crippen molar-refractivity contribution in [3.8, 4) is 5.75 Å². The van der Waals surface area contributed by atoms with E-state index in [-0.39, 0.29) is 38.2 Å². The Labute approximate surface area is 255 Å². The van der Waals surface area contributed by atoms with Gasteiger partial charge in [-0.25, -0.2) is 14.4 Å². The minimum Gasteiger partial charge on any atom is -0.485 e. The van der Waals surface area contributed by atoms with E-state index in [2.05, 4.69) is 25.6 Å². The molecule has 0 saturated heterocycles. The maximum Gasteiger partial charge on any atom is 0.434 e. The molecule has 1 unspecified atom stereocenters. The topological polar surface area (TPSA) is 106 Å². The molecule has 4 aromatic rings. The molecule has 0 bridgehead atoms. The number of rotatable bonds is 6. The monoisotopic (exact) mass is 651 g/mol. The minimum absolute atomic E-state index is 0.0207. The molecule has 2 aromatic carbocycles. The number of hydrogen-bond acceptors (Lipinski definition) is 6. The Morgan fingerprint density at radius 1 is 1.05 bits per heavy atom. The van der Waals surface area contributed by atoms with Crippen LogP contribution >= 0.6 is 34.8 Å². The molecule has 1 atom stereocenters. The van der Waals surface area contributed by atoms with Gasteiger partial charge < -0.3 is 15.4 Å². The maximum atomic E-state index is 14.9. The molecule has 0 aliphatic carbocycles. The molecular formula is C28H16Cl3F4N5O3. The third kappa shape index (κ3) is 6.41. The first-order valence-corrected chi connectivity index (χ1v) is 13.3. The van der Waals surface area contributed by atoms with Crippen molar-refractivity contribution in [1.29, 1.82) is 0 Å². The number of hydrogen-bond donors (Lipinski definition) is 2. The molecule has 43 heavy (non-hydrogen) atoms. The van der Waals surface area contributed by atoms with Crippen molar-refractivity contribution in [2.24, 2.45) is 4.99 Å². The molecule has 3 heterocycles. The van der Waals surface area contributed by atoms with Gasteiger partial charge >= 0.3 is 6.18 Å². The number of ether oxygens (including phenoxy) is 1. The number of carbonyl (C=O) groups excluding carboxylic acids is 2. The van der Waals surface area contributed by atoms with Crippen molar-refractivity contribution in [3.05, 3.63) is 116 Å². The first-order valence-electron chi connectivity index (χ1n) is 12.1. The van der Waals surface area contributed by atoms with Crippen LogP contribution in [0, 0.1) is 5.82 Å². The van der Waals surface area contributed by atoms with Crippen molar-refractivity contribution in [2.75, 3.05) is 5.32 Å². The highest BCUT2D eigenvalue weighted by atomic mass is 35.5. The van der Waals surface area contributed by atoms with E-state index in [4.69, 9.17) is 39.5 Å². The second-order valence-corrected chi connectivity index (χ2v) is 10.2. The second-order valence-electron chi connectivity index (χ2n) is 8.94. The van der Waals surface area contributed by atoms with E-state index >= 15 is 0 Å². The third-order valence-corrected chi connectivity index (χ3v) is 6.86. The van der Waals surface area contributed by atoms with Gasteiger partial charge in [0.2, 0.25) is 6.17 Å². The Morgan fingerprint density at radius 2 is 1.77 bits per heavy atom. The predicted molar refractivity (Wildman–Crippen MR) is 151 cm³/mol. The fourth-order valence-corrected chi connectivity index (χ4v) is 5.19. The zero-order valence-electron chi connectivity index (χ0n) is 21.3. The molecule has 1 aliphatic rings. The number of anilines is 1. The van der Waals surface area contributed by atoms with Crippen LogP contribution in [0.15, 0.2) is 72.1 Å². The highest BCUT2D eigenvalue weighted by molar-refractivity contribution is 6.44. The highest BCUT2D eigenvalue weighted by Crippen LogP contribution is 2.37. The van der Waals surface area contributed by atoms with Crippen molar-refractivity contribution >= 4 is 58.0 Å². The molecule has 0 fully saturated rings. The molecule has 5 rings (SSSR count). The number of halogens is 7. The molecule has 1 aliphatic heterocycles. The van der Waals surface area contributed by atoms with Crippen LogP contribution in [0.25, 0.3) is 0 Å². The summed E-state index contributed by atoms with van der Waals surface area (Å²) in [5, 5.41) is 5.00. The number of amides is 2. The lowest BCUT2D eigenvalue weighted by Crippen LogP contribution is -2.43. The zero-order valence-corrected chi connectivity index (χ0v) is 23.6. The van der Waals surface area contributed by atoms with Crippen LogP contribution in [0.5, 0.6) is 5.75 Å². The van der Waals surface area contributed by atoms with E-state index in [1.807, 2.05) is 0 Å². The van der Waals surface area contributed by atoms with Crippen molar-refractivity contribution < 1.29 is 31.9 Å². The van der Waals surface area contributed by atoms with Crippen molar-refractivity contribution in [3.63, 3.8) is 0 Å². The van der Waals surface area contributed by atoms with Crippen LogP contribution < -0.4 is 15.4 Å². The number of aliphatic imine (C=N–C) groups is 1. The normalized spacial score (nSPS) is 14.7. The molecule has 220 valence electrons. The number of benzene rings is 2. The van der Waals surface area contributed by atoms with E-state index in [9.17, 15) is 27.2 Å². The molecule has 2 amide bonds.